The molecule has 0 aliphatic carbocycles. The summed E-state index contributed by atoms with van der Waals surface area (Å²) in [5, 5.41) is 2.05. The van der Waals surface area contributed by atoms with Crippen LogP contribution in [-0.2, 0) is 16.1 Å². The van der Waals surface area contributed by atoms with E-state index in [-0.39, 0.29) is 43.1 Å². The fraction of sp³-hybridized carbons (Fsp3) is 0.583. The summed E-state index contributed by atoms with van der Waals surface area (Å²) in [5.41, 5.74) is 0.0425. The zero-order valence-electron chi connectivity index (χ0n) is 28.3. The number of alkyl halides is 1. The molecule has 4 aliphatic rings. The van der Waals surface area contributed by atoms with E-state index in [1.165, 1.54) is 0 Å². The van der Waals surface area contributed by atoms with Gasteiger partial charge in [-0.15, -0.1) is 0 Å². The van der Waals surface area contributed by atoms with Crippen molar-refractivity contribution in [2.24, 2.45) is 0 Å². The third-order valence-corrected chi connectivity index (χ3v) is 9.95. The third kappa shape index (κ3) is 6.82. The number of amides is 1. The van der Waals surface area contributed by atoms with Gasteiger partial charge in [0.1, 0.15) is 36.6 Å². The molecule has 0 N–H and O–H groups in total. The number of hydrogen-bond acceptors (Lipinski definition) is 10. The van der Waals surface area contributed by atoms with E-state index in [4.69, 9.17) is 33.7 Å². The molecule has 258 valence electrons. The number of halogens is 1. The normalized spacial score (nSPS) is 25.4. The van der Waals surface area contributed by atoms with Crippen molar-refractivity contribution >= 4 is 22.7 Å². The van der Waals surface area contributed by atoms with Crippen LogP contribution < -0.4 is 19.1 Å². The summed E-state index contributed by atoms with van der Waals surface area (Å²) in [6.07, 6.45) is 3.09. The fourth-order valence-electron chi connectivity index (χ4n) is 7.88. The number of piperazine rings is 1. The molecule has 0 saturated carbocycles. The summed E-state index contributed by atoms with van der Waals surface area (Å²) >= 11 is 0. The second-order valence-corrected chi connectivity index (χ2v) is 14.5. The van der Waals surface area contributed by atoms with Crippen LogP contribution in [0.15, 0.2) is 42.5 Å². The van der Waals surface area contributed by atoms with E-state index in [2.05, 4.69) is 9.80 Å². The van der Waals surface area contributed by atoms with Gasteiger partial charge in [-0.05, 0) is 75.9 Å². The van der Waals surface area contributed by atoms with Crippen molar-refractivity contribution in [1.82, 2.24) is 19.8 Å². The van der Waals surface area contributed by atoms with Gasteiger partial charge in [-0.3, -0.25) is 9.80 Å². The zero-order valence-corrected chi connectivity index (χ0v) is 28.3. The highest BCUT2D eigenvalue weighted by Crippen LogP contribution is 2.41. The number of anilines is 1. The van der Waals surface area contributed by atoms with Crippen molar-refractivity contribution in [2.75, 3.05) is 51.6 Å². The zero-order chi connectivity index (χ0) is 33.5. The Morgan fingerprint density at radius 3 is 2.58 bits per heavy atom. The lowest BCUT2D eigenvalue weighted by molar-refractivity contribution is 0.0122. The van der Waals surface area contributed by atoms with Gasteiger partial charge in [-0.25, -0.2) is 9.18 Å². The molecule has 0 radical (unpaired) electrons. The predicted octanol–water partition coefficient (Wildman–Crippen LogP) is 5.73. The Morgan fingerprint density at radius 2 is 1.81 bits per heavy atom. The minimum absolute atomic E-state index is 0.00872. The quantitative estimate of drug-likeness (QED) is 0.250. The van der Waals surface area contributed by atoms with Gasteiger partial charge in [0.2, 0.25) is 5.88 Å². The van der Waals surface area contributed by atoms with Gasteiger partial charge in [0, 0.05) is 44.8 Å². The molecule has 5 heterocycles. The number of carbonyl (C=O) groups is 1. The third-order valence-electron chi connectivity index (χ3n) is 9.95. The Hall–Kier alpha value is -3.90. The van der Waals surface area contributed by atoms with Crippen molar-refractivity contribution < 1.29 is 32.9 Å². The molecule has 48 heavy (non-hydrogen) atoms. The lowest BCUT2D eigenvalue weighted by atomic mass is 9.95. The predicted molar refractivity (Wildman–Crippen MR) is 178 cm³/mol. The molecule has 1 amide bonds. The van der Waals surface area contributed by atoms with Gasteiger partial charge in [0.15, 0.2) is 6.79 Å². The fourth-order valence-corrected chi connectivity index (χ4v) is 7.88. The van der Waals surface area contributed by atoms with Gasteiger partial charge in [-0.2, -0.15) is 9.97 Å². The number of methoxy groups -OCH3 is 1. The SMILES string of the molecule is COCOc1cc(COc2nc(OC[C@@]34CCCN3C[C@H](F)C4)cc(N3C[C@H]4CC[C@@H](C3)N4C(=O)OC(C)(C)C)n2)c2ccccc2c1. The van der Waals surface area contributed by atoms with Crippen LogP contribution in [0.2, 0.25) is 0 Å². The molecular formula is C36H46FN5O6. The highest BCUT2D eigenvalue weighted by Gasteiger charge is 2.49. The maximum Gasteiger partial charge on any atom is 0.410 e. The summed E-state index contributed by atoms with van der Waals surface area (Å²) in [4.78, 5) is 29.0. The number of ether oxygens (including phenoxy) is 5. The van der Waals surface area contributed by atoms with Crippen LogP contribution in [0.3, 0.4) is 0 Å². The molecule has 3 aromatic rings. The molecule has 0 spiro atoms. The summed E-state index contributed by atoms with van der Waals surface area (Å²) in [6, 6.07) is 14.0. The van der Waals surface area contributed by atoms with Gasteiger partial charge in [-0.1, -0.05) is 24.3 Å². The summed E-state index contributed by atoms with van der Waals surface area (Å²) in [6.45, 7) is 8.92. The molecule has 2 bridgehead atoms. The monoisotopic (exact) mass is 663 g/mol. The molecule has 1 aromatic heterocycles. The second kappa shape index (κ2) is 13.2. The van der Waals surface area contributed by atoms with Crippen LogP contribution in [0.4, 0.5) is 15.0 Å². The molecule has 0 unspecified atom stereocenters. The smallest absolute Gasteiger partial charge is 0.410 e. The van der Waals surface area contributed by atoms with Gasteiger partial charge in [0.25, 0.3) is 0 Å². The minimum Gasteiger partial charge on any atom is -0.475 e. The number of aromatic nitrogens is 2. The van der Waals surface area contributed by atoms with Crippen LogP contribution in [0.5, 0.6) is 17.6 Å². The first-order valence-electron chi connectivity index (χ1n) is 17.0. The number of fused-ring (bicyclic) bond motifs is 4. The molecular weight excluding hydrogens is 617 g/mol. The average molecular weight is 664 g/mol. The first-order valence-corrected chi connectivity index (χ1v) is 17.0. The summed E-state index contributed by atoms with van der Waals surface area (Å²) < 4.78 is 43.9. The van der Waals surface area contributed by atoms with Crippen molar-refractivity contribution in [3.63, 3.8) is 0 Å². The first-order chi connectivity index (χ1) is 23.1. The van der Waals surface area contributed by atoms with Crippen LogP contribution in [0.25, 0.3) is 10.8 Å². The van der Waals surface area contributed by atoms with E-state index < -0.39 is 11.8 Å². The van der Waals surface area contributed by atoms with Crippen molar-refractivity contribution in [2.45, 2.75) is 88.9 Å². The second-order valence-electron chi connectivity index (χ2n) is 14.5. The lowest BCUT2D eigenvalue weighted by Gasteiger charge is -2.41. The van der Waals surface area contributed by atoms with Crippen LogP contribution in [0.1, 0.15) is 58.4 Å². The Kier molecular flexibility index (Phi) is 8.97. The molecule has 4 aliphatic heterocycles. The molecule has 7 rings (SSSR count). The highest BCUT2D eigenvalue weighted by atomic mass is 19.1. The Morgan fingerprint density at radius 1 is 1.02 bits per heavy atom. The number of hydrogen-bond donors (Lipinski definition) is 0. The Balaban J connectivity index is 1.15. The Labute approximate surface area is 281 Å². The summed E-state index contributed by atoms with van der Waals surface area (Å²) in [5.74, 6) is 1.74. The standard InChI is InChI=1S/C36H46FN5O6/c1-35(2,3)48-34(43)42-27-10-11-28(42)20-40(19-27)31-16-32(46-22-36-12-7-13-41(36)18-26(37)17-36)39-33(38-31)45-21-25-15-29(47-23-44-4)14-24-8-5-6-9-30(24)25/h5-6,8-9,14-16,26-28H,7,10-13,17-23H2,1-4H3/t26-,27-,28+,36+/m1/s1. The minimum atomic E-state index is -0.844. The molecule has 12 heteroatoms. The molecule has 4 saturated heterocycles. The van der Waals surface area contributed by atoms with Crippen molar-refractivity contribution in [1.29, 1.82) is 0 Å². The maximum absolute atomic E-state index is 14.5. The first kappa shape index (κ1) is 32.6. The van der Waals surface area contributed by atoms with Crippen molar-refractivity contribution in [3.05, 3.63) is 48.0 Å². The van der Waals surface area contributed by atoms with Gasteiger partial charge >= 0.3 is 12.1 Å². The highest BCUT2D eigenvalue weighted by molar-refractivity contribution is 5.87. The van der Waals surface area contributed by atoms with Gasteiger partial charge in [0.05, 0.1) is 17.6 Å². The van der Waals surface area contributed by atoms with E-state index in [9.17, 15) is 9.18 Å². The van der Waals surface area contributed by atoms with Crippen LogP contribution in [0, 0.1) is 0 Å². The topological polar surface area (TPSA) is 98.7 Å². The lowest BCUT2D eigenvalue weighted by Crippen LogP contribution is -2.57. The van der Waals surface area contributed by atoms with E-state index in [0.29, 0.717) is 50.1 Å². The average Bonchev–Trinajstić information content (AvgIpc) is 3.67. The number of nitrogens with zero attached hydrogens (tertiary/aromatic N) is 5. The molecule has 4 atom stereocenters. The molecule has 4 fully saturated rings. The Bertz CT molecular complexity index is 1620. The van der Waals surface area contributed by atoms with Crippen LogP contribution in [-0.4, -0.2) is 102 Å². The van der Waals surface area contributed by atoms with Crippen molar-refractivity contribution in [3.8, 4) is 17.6 Å². The number of benzene rings is 2. The molecule has 2 aromatic carbocycles. The maximum atomic E-state index is 14.5. The number of carbonyl (C=O) groups excluding carboxylic acids is 1. The van der Waals surface area contributed by atoms with Crippen LogP contribution >= 0.6 is 0 Å². The van der Waals surface area contributed by atoms with E-state index >= 15 is 0 Å². The van der Waals surface area contributed by atoms with E-state index in [1.807, 2.05) is 68.1 Å². The van der Waals surface area contributed by atoms with E-state index in [1.54, 1.807) is 7.11 Å². The molecule has 11 nitrogen and oxygen atoms in total. The summed E-state index contributed by atoms with van der Waals surface area (Å²) in [7, 11) is 1.59. The largest absolute Gasteiger partial charge is 0.475 e. The van der Waals surface area contributed by atoms with Gasteiger partial charge < -0.3 is 28.6 Å². The van der Waals surface area contributed by atoms with E-state index in [0.717, 1.165) is 48.6 Å². The number of rotatable bonds is 10.